The second kappa shape index (κ2) is 6.67. The molecule has 1 saturated heterocycles. The predicted molar refractivity (Wildman–Crippen MR) is 83.7 cm³/mol. The van der Waals surface area contributed by atoms with E-state index in [0.29, 0.717) is 5.75 Å². The number of hydrogen-bond donors (Lipinski definition) is 2. The number of nitrogens with one attached hydrogen (secondary N) is 1. The lowest BCUT2D eigenvalue weighted by Crippen LogP contribution is -2.39. The summed E-state index contributed by atoms with van der Waals surface area (Å²) in [6.07, 6.45) is 5.28. The van der Waals surface area contributed by atoms with E-state index in [-0.39, 0.29) is 5.75 Å². The van der Waals surface area contributed by atoms with Crippen molar-refractivity contribution in [3.63, 3.8) is 0 Å². The fourth-order valence-electron chi connectivity index (χ4n) is 3.26. The van der Waals surface area contributed by atoms with Gasteiger partial charge in [0.15, 0.2) is 11.5 Å². The Kier molecular flexibility index (Phi) is 4.66. The summed E-state index contributed by atoms with van der Waals surface area (Å²) in [4.78, 5) is 2.60. The van der Waals surface area contributed by atoms with Crippen molar-refractivity contribution in [2.75, 3.05) is 26.7 Å². The average molecular weight is 290 g/mol. The third-order valence-corrected chi connectivity index (χ3v) is 4.58. The van der Waals surface area contributed by atoms with Gasteiger partial charge in [-0.2, -0.15) is 0 Å². The van der Waals surface area contributed by atoms with E-state index in [1.165, 1.54) is 44.3 Å². The third kappa shape index (κ3) is 3.89. The third-order valence-electron chi connectivity index (χ3n) is 4.58. The number of nitrogens with zero attached hydrogens (tertiary/aromatic N) is 1. The molecule has 1 atom stereocenters. The Bertz CT molecular complexity index is 468. The number of aromatic hydroxyl groups is 1. The van der Waals surface area contributed by atoms with Crippen molar-refractivity contribution in [1.82, 2.24) is 10.2 Å². The number of benzene rings is 1. The van der Waals surface area contributed by atoms with Gasteiger partial charge in [0.1, 0.15) is 0 Å². The first-order valence-electron chi connectivity index (χ1n) is 8.07. The fraction of sp³-hybridized carbons (Fsp3) is 0.647. The number of phenolic OH excluding ortho intramolecular Hbond substituents is 1. The second-order valence-electron chi connectivity index (χ2n) is 6.38. The van der Waals surface area contributed by atoms with Gasteiger partial charge in [0.2, 0.25) is 0 Å². The summed E-state index contributed by atoms with van der Waals surface area (Å²) < 4.78 is 5.11. The molecule has 4 heteroatoms. The molecule has 2 aliphatic rings. The first kappa shape index (κ1) is 14.7. The summed E-state index contributed by atoms with van der Waals surface area (Å²) in [5.74, 6) is 1.56. The van der Waals surface area contributed by atoms with Gasteiger partial charge in [-0.15, -0.1) is 0 Å². The molecule has 0 amide bonds. The first-order chi connectivity index (χ1) is 10.3. The summed E-state index contributed by atoms with van der Waals surface area (Å²) in [6.45, 7) is 4.42. The highest BCUT2D eigenvalue weighted by atomic mass is 16.5. The van der Waals surface area contributed by atoms with Crippen molar-refractivity contribution in [3.8, 4) is 11.5 Å². The molecule has 2 N–H and O–H groups in total. The van der Waals surface area contributed by atoms with E-state index < -0.39 is 0 Å². The highest BCUT2D eigenvalue weighted by molar-refractivity contribution is 5.41. The Morgan fingerprint density at radius 1 is 1.33 bits per heavy atom. The van der Waals surface area contributed by atoms with E-state index in [4.69, 9.17) is 4.74 Å². The molecule has 21 heavy (non-hydrogen) atoms. The molecule has 0 spiro atoms. The van der Waals surface area contributed by atoms with Gasteiger partial charge in [-0.05, 0) is 62.4 Å². The highest BCUT2D eigenvalue weighted by Gasteiger charge is 2.31. The molecule has 3 rings (SSSR count). The Morgan fingerprint density at radius 2 is 2.19 bits per heavy atom. The summed E-state index contributed by atoms with van der Waals surface area (Å²) in [5.41, 5.74) is 1.17. The van der Waals surface area contributed by atoms with Crippen LogP contribution in [0.25, 0.3) is 0 Å². The molecule has 1 aromatic carbocycles. The van der Waals surface area contributed by atoms with Crippen LogP contribution in [0.1, 0.15) is 31.2 Å². The van der Waals surface area contributed by atoms with E-state index in [0.717, 1.165) is 25.0 Å². The van der Waals surface area contributed by atoms with Crippen LogP contribution in [-0.2, 0) is 6.54 Å². The molecule has 0 bridgehead atoms. The van der Waals surface area contributed by atoms with E-state index in [2.05, 4.69) is 16.3 Å². The SMILES string of the molecule is COc1ccc(CN(CC2CCCNC2)C2CC2)cc1O. The number of piperidine rings is 1. The van der Waals surface area contributed by atoms with Gasteiger partial charge < -0.3 is 15.2 Å². The van der Waals surface area contributed by atoms with Crippen LogP contribution in [0.4, 0.5) is 0 Å². The van der Waals surface area contributed by atoms with Crippen LogP contribution in [0, 0.1) is 5.92 Å². The van der Waals surface area contributed by atoms with Crippen molar-refractivity contribution in [2.45, 2.75) is 38.3 Å². The molecule has 2 fully saturated rings. The Balaban J connectivity index is 1.63. The summed E-state index contributed by atoms with van der Waals surface area (Å²) in [7, 11) is 1.58. The minimum atomic E-state index is 0.241. The number of ether oxygens (including phenoxy) is 1. The zero-order valence-electron chi connectivity index (χ0n) is 12.8. The molecule has 1 aliphatic heterocycles. The monoisotopic (exact) mass is 290 g/mol. The van der Waals surface area contributed by atoms with E-state index in [9.17, 15) is 5.11 Å². The van der Waals surface area contributed by atoms with Gasteiger partial charge >= 0.3 is 0 Å². The van der Waals surface area contributed by atoms with E-state index in [1.807, 2.05) is 12.1 Å². The van der Waals surface area contributed by atoms with E-state index in [1.54, 1.807) is 7.11 Å². The van der Waals surface area contributed by atoms with Crippen LogP contribution in [-0.4, -0.2) is 42.8 Å². The smallest absolute Gasteiger partial charge is 0.160 e. The Labute approximate surface area is 127 Å². The largest absolute Gasteiger partial charge is 0.504 e. The maximum atomic E-state index is 9.93. The molecule has 1 unspecified atom stereocenters. The highest BCUT2D eigenvalue weighted by Crippen LogP contribution is 2.32. The Morgan fingerprint density at radius 3 is 2.81 bits per heavy atom. The summed E-state index contributed by atoms with van der Waals surface area (Å²) >= 11 is 0. The fourth-order valence-corrected chi connectivity index (χ4v) is 3.26. The number of phenols is 1. The van der Waals surface area contributed by atoms with Crippen LogP contribution < -0.4 is 10.1 Å². The normalized spacial score (nSPS) is 22.5. The van der Waals surface area contributed by atoms with Gasteiger partial charge in [0.25, 0.3) is 0 Å². The molecular weight excluding hydrogens is 264 g/mol. The minimum Gasteiger partial charge on any atom is -0.504 e. The van der Waals surface area contributed by atoms with Gasteiger partial charge in [-0.3, -0.25) is 4.90 Å². The molecular formula is C17H26N2O2. The van der Waals surface area contributed by atoms with E-state index >= 15 is 0 Å². The van der Waals surface area contributed by atoms with Crippen molar-refractivity contribution in [1.29, 1.82) is 0 Å². The zero-order chi connectivity index (χ0) is 14.7. The van der Waals surface area contributed by atoms with Crippen molar-refractivity contribution < 1.29 is 9.84 Å². The summed E-state index contributed by atoms with van der Waals surface area (Å²) in [6, 6.07) is 6.51. The van der Waals surface area contributed by atoms with Crippen LogP contribution in [0.5, 0.6) is 11.5 Å². The van der Waals surface area contributed by atoms with Gasteiger partial charge in [-0.25, -0.2) is 0 Å². The number of hydrogen-bond acceptors (Lipinski definition) is 4. The molecule has 116 valence electrons. The number of methoxy groups -OCH3 is 1. The zero-order valence-corrected chi connectivity index (χ0v) is 12.8. The van der Waals surface area contributed by atoms with Crippen molar-refractivity contribution in [3.05, 3.63) is 23.8 Å². The van der Waals surface area contributed by atoms with Crippen LogP contribution in [0.15, 0.2) is 18.2 Å². The van der Waals surface area contributed by atoms with Crippen molar-refractivity contribution >= 4 is 0 Å². The maximum Gasteiger partial charge on any atom is 0.160 e. The molecule has 0 radical (unpaired) electrons. The van der Waals surface area contributed by atoms with Gasteiger partial charge in [0.05, 0.1) is 7.11 Å². The molecule has 1 heterocycles. The number of rotatable bonds is 6. The first-order valence-corrected chi connectivity index (χ1v) is 8.07. The lowest BCUT2D eigenvalue weighted by Gasteiger charge is -2.30. The van der Waals surface area contributed by atoms with Gasteiger partial charge in [-0.1, -0.05) is 6.07 Å². The van der Waals surface area contributed by atoms with Gasteiger partial charge in [0, 0.05) is 19.1 Å². The van der Waals surface area contributed by atoms with Crippen LogP contribution in [0.2, 0.25) is 0 Å². The van der Waals surface area contributed by atoms with Crippen LogP contribution in [0.3, 0.4) is 0 Å². The molecule has 1 saturated carbocycles. The minimum absolute atomic E-state index is 0.241. The summed E-state index contributed by atoms with van der Waals surface area (Å²) in [5, 5.41) is 13.4. The lowest BCUT2D eigenvalue weighted by atomic mass is 9.98. The Hall–Kier alpha value is -1.26. The topological polar surface area (TPSA) is 44.7 Å². The lowest BCUT2D eigenvalue weighted by molar-refractivity contribution is 0.192. The predicted octanol–water partition coefficient (Wildman–Crippen LogP) is 2.36. The molecule has 1 aromatic rings. The average Bonchev–Trinajstić information content (AvgIpc) is 3.32. The maximum absolute atomic E-state index is 9.93. The van der Waals surface area contributed by atoms with Crippen molar-refractivity contribution in [2.24, 2.45) is 5.92 Å². The molecule has 1 aliphatic carbocycles. The molecule has 0 aromatic heterocycles. The standard InChI is InChI=1S/C17H26N2O2/c1-21-17-7-4-13(9-16(17)20)11-19(15-5-6-15)12-14-3-2-8-18-10-14/h4,7,9,14-15,18,20H,2-3,5-6,8,10-12H2,1H3. The second-order valence-corrected chi connectivity index (χ2v) is 6.38. The van der Waals surface area contributed by atoms with Crippen LogP contribution >= 0.6 is 0 Å². The quantitative estimate of drug-likeness (QED) is 0.844. The molecule has 4 nitrogen and oxygen atoms in total.